The molecule has 2 aliphatic rings. The number of piperazine rings is 1. The Morgan fingerprint density at radius 2 is 1.48 bits per heavy atom. The second-order valence-corrected chi connectivity index (χ2v) is 12.4. The molecule has 0 unspecified atom stereocenters. The van der Waals surface area contributed by atoms with Crippen LogP contribution < -0.4 is 19.7 Å². The topological polar surface area (TPSA) is 91.0 Å². The molecule has 0 radical (unpaired) electrons. The molecule has 0 aromatic heterocycles. The first-order valence-corrected chi connectivity index (χ1v) is 15.4. The van der Waals surface area contributed by atoms with Crippen molar-refractivity contribution in [2.45, 2.75) is 37.1 Å². The van der Waals surface area contributed by atoms with Crippen LogP contribution in [0, 0.1) is 0 Å². The normalized spacial score (nSPS) is 22.0. The molecule has 3 aromatic carbocycles. The summed E-state index contributed by atoms with van der Waals surface area (Å²) in [5.74, 6) is 0.363. The van der Waals surface area contributed by atoms with Gasteiger partial charge in [0.2, 0.25) is 0 Å². The summed E-state index contributed by atoms with van der Waals surface area (Å²) in [4.78, 5) is 15.3. The summed E-state index contributed by atoms with van der Waals surface area (Å²) in [5, 5.41) is 3.14. The zero-order valence-electron chi connectivity index (χ0n) is 23.0. The van der Waals surface area contributed by atoms with Gasteiger partial charge in [-0.2, -0.15) is 17.4 Å². The van der Waals surface area contributed by atoms with Crippen LogP contribution in [0.25, 0.3) is 0 Å². The van der Waals surface area contributed by atoms with Gasteiger partial charge in [0.05, 0.1) is 12.7 Å². The standard InChI is InChI=1S/C31H38N4O4S/c1-39-29-15-9-8-14-28(29)30(36)32-24-31(25-10-4-2-5-11-25)18-16-26(17-19-31)33-40(37,38)35-22-20-34(21-23-35)27-12-6-3-7-13-27/h2-15,26,33H,16-24H2,1H3,(H,32,36)/t26-,31-. The van der Waals surface area contributed by atoms with Gasteiger partial charge < -0.3 is 15.0 Å². The number of carbonyl (C=O) groups is 1. The van der Waals surface area contributed by atoms with Crippen molar-refractivity contribution in [3.63, 3.8) is 0 Å². The maximum absolute atomic E-state index is 13.3. The van der Waals surface area contributed by atoms with Gasteiger partial charge in [0.25, 0.3) is 16.1 Å². The van der Waals surface area contributed by atoms with Crippen LogP contribution in [0.1, 0.15) is 41.6 Å². The summed E-state index contributed by atoms with van der Waals surface area (Å²) in [5.41, 5.74) is 2.51. The van der Waals surface area contributed by atoms with Gasteiger partial charge in [-0.25, -0.2) is 0 Å². The van der Waals surface area contributed by atoms with Crippen LogP contribution in [0.3, 0.4) is 0 Å². The number of nitrogens with zero attached hydrogens (tertiary/aromatic N) is 2. The van der Waals surface area contributed by atoms with E-state index in [0.717, 1.165) is 24.1 Å². The minimum absolute atomic E-state index is 0.140. The highest BCUT2D eigenvalue weighted by atomic mass is 32.2. The number of para-hydroxylation sites is 2. The lowest BCUT2D eigenvalue weighted by atomic mass is 9.68. The van der Waals surface area contributed by atoms with Crippen molar-refractivity contribution in [1.82, 2.24) is 14.3 Å². The van der Waals surface area contributed by atoms with E-state index in [-0.39, 0.29) is 17.4 Å². The van der Waals surface area contributed by atoms with Crippen LogP contribution in [0.15, 0.2) is 84.9 Å². The van der Waals surface area contributed by atoms with E-state index in [2.05, 4.69) is 39.2 Å². The highest BCUT2D eigenvalue weighted by molar-refractivity contribution is 7.87. The molecule has 2 N–H and O–H groups in total. The van der Waals surface area contributed by atoms with E-state index in [1.807, 2.05) is 48.5 Å². The summed E-state index contributed by atoms with van der Waals surface area (Å²) in [7, 11) is -2.03. The Morgan fingerprint density at radius 1 is 0.875 bits per heavy atom. The summed E-state index contributed by atoms with van der Waals surface area (Å²) in [6.45, 7) is 2.71. The Balaban J connectivity index is 1.21. The van der Waals surface area contributed by atoms with Crippen LogP contribution in [-0.2, 0) is 15.6 Å². The second kappa shape index (κ2) is 12.4. The molecule has 40 heavy (non-hydrogen) atoms. The summed E-state index contributed by atoms with van der Waals surface area (Å²) >= 11 is 0. The van der Waals surface area contributed by atoms with Crippen molar-refractivity contribution >= 4 is 21.8 Å². The van der Waals surface area contributed by atoms with E-state index >= 15 is 0 Å². The Labute approximate surface area is 237 Å². The first-order chi connectivity index (χ1) is 19.4. The molecule has 3 aromatic rings. The SMILES string of the molecule is COc1ccccc1C(=O)NC[C@]1(c2ccccc2)CC[C@H](NS(=O)(=O)N2CCN(c3ccccc3)CC2)CC1. The lowest BCUT2D eigenvalue weighted by Gasteiger charge is -2.42. The minimum atomic E-state index is -3.59. The fourth-order valence-corrected chi connectivity index (χ4v) is 7.39. The highest BCUT2D eigenvalue weighted by Crippen LogP contribution is 2.39. The molecule has 1 saturated carbocycles. The predicted octanol–water partition coefficient (Wildman–Crippen LogP) is 3.96. The van der Waals surface area contributed by atoms with Crippen molar-refractivity contribution < 1.29 is 17.9 Å². The van der Waals surface area contributed by atoms with E-state index in [0.29, 0.717) is 56.9 Å². The lowest BCUT2D eigenvalue weighted by Crippen LogP contribution is -2.55. The smallest absolute Gasteiger partial charge is 0.279 e. The van der Waals surface area contributed by atoms with Gasteiger partial charge in [0, 0.05) is 49.9 Å². The van der Waals surface area contributed by atoms with Gasteiger partial charge in [-0.05, 0) is 55.5 Å². The molecule has 1 aliphatic carbocycles. The summed E-state index contributed by atoms with van der Waals surface area (Å²) in [6.07, 6.45) is 2.92. The zero-order valence-corrected chi connectivity index (χ0v) is 23.8. The number of ether oxygens (including phenoxy) is 1. The van der Waals surface area contributed by atoms with E-state index in [1.165, 1.54) is 0 Å². The van der Waals surface area contributed by atoms with E-state index in [4.69, 9.17) is 4.74 Å². The molecular weight excluding hydrogens is 524 g/mol. The Kier molecular flexibility index (Phi) is 8.73. The second-order valence-electron chi connectivity index (χ2n) is 10.6. The number of carbonyl (C=O) groups excluding carboxylic acids is 1. The van der Waals surface area contributed by atoms with Crippen molar-refractivity contribution in [2.75, 3.05) is 44.7 Å². The first-order valence-electron chi connectivity index (χ1n) is 13.9. The monoisotopic (exact) mass is 562 g/mol. The fourth-order valence-electron chi connectivity index (χ4n) is 5.94. The quantitative estimate of drug-likeness (QED) is 0.412. The van der Waals surface area contributed by atoms with Gasteiger partial charge in [0.1, 0.15) is 5.75 Å². The molecular formula is C31H38N4O4S. The molecule has 1 heterocycles. The van der Waals surface area contributed by atoms with Crippen molar-refractivity contribution in [3.05, 3.63) is 96.1 Å². The maximum Gasteiger partial charge on any atom is 0.279 e. The third-order valence-corrected chi connectivity index (χ3v) is 9.96. The van der Waals surface area contributed by atoms with Gasteiger partial charge in [0.15, 0.2) is 0 Å². The van der Waals surface area contributed by atoms with Gasteiger partial charge >= 0.3 is 0 Å². The third kappa shape index (κ3) is 6.32. The van der Waals surface area contributed by atoms with Crippen LogP contribution in [0.2, 0.25) is 0 Å². The molecule has 1 aliphatic heterocycles. The highest BCUT2D eigenvalue weighted by Gasteiger charge is 2.39. The minimum Gasteiger partial charge on any atom is -0.496 e. The third-order valence-electron chi connectivity index (χ3n) is 8.28. The molecule has 0 spiro atoms. The molecule has 1 saturated heterocycles. The van der Waals surface area contributed by atoms with Crippen LogP contribution in [-0.4, -0.2) is 64.5 Å². The maximum atomic E-state index is 13.3. The van der Waals surface area contributed by atoms with E-state index in [1.54, 1.807) is 23.5 Å². The van der Waals surface area contributed by atoms with Gasteiger partial charge in [-0.15, -0.1) is 0 Å². The number of hydrogen-bond acceptors (Lipinski definition) is 5. The number of benzene rings is 3. The number of hydrogen-bond donors (Lipinski definition) is 2. The molecule has 0 atom stereocenters. The molecule has 2 fully saturated rings. The molecule has 8 nitrogen and oxygen atoms in total. The first kappa shape index (κ1) is 28.1. The fraction of sp³-hybridized carbons (Fsp3) is 0.387. The lowest BCUT2D eigenvalue weighted by molar-refractivity contribution is 0.0932. The van der Waals surface area contributed by atoms with Crippen molar-refractivity contribution in [2.24, 2.45) is 0 Å². The molecule has 9 heteroatoms. The average Bonchev–Trinajstić information content (AvgIpc) is 3.01. The van der Waals surface area contributed by atoms with E-state index < -0.39 is 10.2 Å². The Bertz CT molecular complexity index is 1370. The molecule has 212 valence electrons. The Hall–Kier alpha value is -3.40. The van der Waals surface area contributed by atoms with Crippen molar-refractivity contribution in [1.29, 1.82) is 0 Å². The predicted molar refractivity (Wildman–Crippen MR) is 158 cm³/mol. The number of anilines is 1. The van der Waals surface area contributed by atoms with Crippen LogP contribution >= 0.6 is 0 Å². The largest absolute Gasteiger partial charge is 0.496 e. The Morgan fingerprint density at radius 3 is 2.12 bits per heavy atom. The number of nitrogens with one attached hydrogen (secondary N) is 2. The van der Waals surface area contributed by atoms with Crippen LogP contribution in [0.4, 0.5) is 5.69 Å². The van der Waals surface area contributed by atoms with Crippen LogP contribution in [0.5, 0.6) is 5.75 Å². The van der Waals surface area contributed by atoms with Crippen molar-refractivity contribution in [3.8, 4) is 5.75 Å². The average molecular weight is 563 g/mol. The number of methoxy groups -OCH3 is 1. The summed E-state index contributed by atoms with van der Waals surface area (Å²) < 4.78 is 36.5. The zero-order chi connectivity index (χ0) is 28.0. The molecule has 5 rings (SSSR count). The van der Waals surface area contributed by atoms with Gasteiger partial charge in [-0.3, -0.25) is 4.79 Å². The number of rotatable bonds is 9. The molecule has 1 amide bonds. The summed E-state index contributed by atoms with van der Waals surface area (Å²) in [6, 6.07) is 27.4. The van der Waals surface area contributed by atoms with E-state index in [9.17, 15) is 13.2 Å². The number of amides is 1. The molecule has 0 bridgehead atoms. The van der Waals surface area contributed by atoms with Gasteiger partial charge in [-0.1, -0.05) is 60.7 Å².